The number of rotatable bonds is 5. The molecule has 150 valence electrons. The molecule has 0 spiro atoms. The maximum absolute atomic E-state index is 13.0. The van der Waals surface area contributed by atoms with Crippen molar-refractivity contribution >= 4 is 11.8 Å². The van der Waals surface area contributed by atoms with Gasteiger partial charge in [-0.3, -0.25) is 4.79 Å². The minimum atomic E-state index is -0.555. The molecule has 28 heavy (non-hydrogen) atoms. The maximum Gasteiger partial charge on any atom is 0.337 e. The highest BCUT2D eigenvalue weighted by Gasteiger charge is 2.40. The van der Waals surface area contributed by atoms with Gasteiger partial charge in [-0.25, -0.2) is 4.79 Å². The van der Waals surface area contributed by atoms with E-state index in [2.05, 4.69) is 5.32 Å². The van der Waals surface area contributed by atoms with Gasteiger partial charge in [-0.15, -0.1) is 0 Å². The zero-order valence-corrected chi connectivity index (χ0v) is 17.0. The second-order valence-electron chi connectivity index (χ2n) is 7.33. The van der Waals surface area contributed by atoms with E-state index in [1.165, 1.54) is 0 Å². The summed E-state index contributed by atoms with van der Waals surface area (Å²) in [5.41, 5.74) is 3.37. The molecule has 0 saturated carbocycles. The van der Waals surface area contributed by atoms with Gasteiger partial charge in [0, 0.05) is 29.0 Å². The average Bonchev–Trinajstić information content (AvgIpc) is 2.65. The number of methoxy groups -OCH3 is 2. The molecule has 3 rings (SSSR count). The van der Waals surface area contributed by atoms with E-state index >= 15 is 0 Å². The van der Waals surface area contributed by atoms with E-state index in [1.807, 2.05) is 26.8 Å². The van der Waals surface area contributed by atoms with Crippen LogP contribution in [0.4, 0.5) is 0 Å². The molecular weight excluding hydrogens is 358 g/mol. The van der Waals surface area contributed by atoms with Crippen molar-refractivity contribution in [2.75, 3.05) is 14.2 Å². The third-order valence-electron chi connectivity index (χ3n) is 5.09. The van der Waals surface area contributed by atoms with Gasteiger partial charge < -0.3 is 19.5 Å². The second kappa shape index (κ2) is 8.09. The summed E-state index contributed by atoms with van der Waals surface area (Å²) in [5, 5.41) is 3.28. The third kappa shape index (κ3) is 3.63. The van der Waals surface area contributed by atoms with Gasteiger partial charge in [0.25, 0.3) is 0 Å². The topological polar surface area (TPSA) is 73.9 Å². The molecule has 0 saturated heterocycles. The molecule has 0 radical (unpaired) electrons. The van der Waals surface area contributed by atoms with Crippen molar-refractivity contribution < 1.29 is 23.8 Å². The number of esters is 1. The highest BCUT2D eigenvalue weighted by molar-refractivity contribution is 6.04. The molecule has 1 aliphatic heterocycles. The molecule has 0 aromatic heterocycles. The Labute approximate surface area is 165 Å². The predicted molar refractivity (Wildman–Crippen MR) is 105 cm³/mol. The largest absolute Gasteiger partial charge is 0.497 e. The molecule has 0 fully saturated rings. The number of allylic oxidation sites excluding steroid dienone is 3. The molecule has 1 aromatic carbocycles. The van der Waals surface area contributed by atoms with Gasteiger partial charge in [0.2, 0.25) is 0 Å². The van der Waals surface area contributed by atoms with E-state index in [0.29, 0.717) is 34.8 Å². The van der Waals surface area contributed by atoms with Crippen molar-refractivity contribution in [3.8, 4) is 11.5 Å². The van der Waals surface area contributed by atoms with E-state index in [-0.39, 0.29) is 11.9 Å². The Morgan fingerprint density at radius 3 is 2.57 bits per heavy atom. The van der Waals surface area contributed by atoms with Crippen LogP contribution in [0, 0.1) is 0 Å². The van der Waals surface area contributed by atoms with Gasteiger partial charge in [-0.2, -0.15) is 0 Å². The lowest BCUT2D eigenvalue weighted by atomic mass is 9.75. The monoisotopic (exact) mass is 385 g/mol. The number of benzene rings is 1. The van der Waals surface area contributed by atoms with Crippen LogP contribution in [-0.4, -0.2) is 32.1 Å². The summed E-state index contributed by atoms with van der Waals surface area (Å²) in [6.07, 6.45) is 1.77. The lowest BCUT2D eigenvalue weighted by molar-refractivity contribution is -0.143. The van der Waals surface area contributed by atoms with E-state index in [9.17, 15) is 9.59 Å². The number of ether oxygens (including phenoxy) is 3. The zero-order valence-electron chi connectivity index (χ0n) is 17.0. The molecule has 1 atom stereocenters. The van der Waals surface area contributed by atoms with Gasteiger partial charge in [-0.05, 0) is 51.8 Å². The summed E-state index contributed by atoms with van der Waals surface area (Å²) in [6, 6.07) is 5.42. The fourth-order valence-corrected chi connectivity index (χ4v) is 3.91. The standard InChI is InChI=1S/C22H27NO5/c1-12(2)28-22(25)19-13(3)23-16-7-6-8-17(24)21(16)20(19)15-11-14(26-4)9-10-18(15)27-5/h9-12,20,23H,6-8H2,1-5H3. The second-order valence-corrected chi connectivity index (χ2v) is 7.33. The summed E-state index contributed by atoms with van der Waals surface area (Å²) >= 11 is 0. The molecule has 1 heterocycles. The van der Waals surface area contributed by atoms with Crippen molar-refractivity contribution in [1.82, 2.24) is 5.32 Å². The Morgan fingerprint density at radius 2 is 1.93 bits per heavy atom. The molecule has 2 aliphatic rings. The normalized spacial score (nSPS) is 19.4. The molecule has 1 aliphatic carbocycles. The number of nitrogens with one attached hydrogen (secondary N) is 1. The first-order chi connectivity index (χ1) is 13.4. The van der Waals surface area contributed by atoms with Crippen LogP contribution < -0.4 is 14.8 Å². The number of ketones is 1. The molecule has 0 bridgehead atoms. The first-order valence-corrected chi connectivity index (χ1v) is 9.54. The fraction of sp³-hybridized carbons (Fsp3) is 0.455. The van der Waals surface area contributed by atoms with Gasteiger partial charge in [-0.1, -0.05) is 0 Å². The SMILES string of the molecule is COc1ccc(OC)c(C2C(C(=O)OC(C)C)=C(C)NC3=C2C(=O)CCC3)c1. The summed E-state index contributed by atoms with van der Waals surface area (Å²) in [7, 11) is 3.16. The third-order valence-corrected chi connectivity index (χ3v) is 5.09. The minimum absolute atomic E-state index is 0.0472. The Hall–Kier alpha value is -2.76. The molecule has 6 nitrogen and oxygen atoms in total. The molecule has 1 unspecified atom stereocenters. The number of hydrogen-bond donors (Lipinski definition) is 1. The summed E-state index contributed by atoms with van der Waals surface area (Å²) in [6.45, 7) is 5.46. The quantitative estimate of drug-likeness (QED) is 0.781. The Kier molecular flexibility index (Phi) is 5.77. The Morgan fingerprint density at radius 1 is 1.18 bits per heavy atom. The van der Waals surface area contributed by atoms with Crippen LogP contribution in [0.5, 0.6) is 11.5 Å². The highest BCUT2D eigenvalue weighted by Crippen LogP contribution is 2.46. The van der Waals surface area contributed by atoms with Crippen LogP contribution in [0.2, 0.25) is 0 Å². The molecule has 0 amide bonds. The number of carbonyl (C=O) groups is 2. The predicted octanol–water partition coefficient (Wildman–Crippen LogP) is 3.62. The first-order valence-electron chi connectivity index (χ1n) is 9.54. The smallest absolute Gasteiger partial charge is 0.337 e. The van der Waals surface area contributed by atoms with Crippen molar-refractivity contribution in [3.63, 3.8) is 0 Å². The molecule has 1 N–H and O–H groups in total. The Bertz CT molecular complexity index is 866. The van der Waals surface area contributed by atoms with Crippen molar-refractivity contribution in [2.24, 2.45) is 0 Å². The molecular formula is C22H27NO5. The number of dihydropyridines is 1. The van der Waals surface area contributed by atoms with Gasteiger partial charge in [0.05, 0.1) is 31.8 Å². The van der Waals surface area contributed by atoms with Crippen LogP contribution in [0.25, 0.3) is 0 Å². The molecule has 6 heteroatoms. The Balaban J connectivity index is 2.23. The number of hydrogen-bond acceptors (Lipinski definition) is 6. The average molecular weight is 385 g/mol. The highest BCUT2D eigenvalue weighted by atomic mass is 16.5. The van der Waals surface area contributed by atoms with Crippen LogP contribution in [-0.2, 0) is 14.3 Å². The summed E-state index contributed by atoms with van der Waals surface area (Å²) in [4.78, 5) is 25.9. The van der Waals surface area contributed by atoms with E-state index in [1.54, 1.807) is 26.4 Å². The van der Waals surface area contributed by atoms with Crippen LogP contribution in [0.15, 0.2) is 40.7 Å². The van der Waals surface area contributed by atoms with E-state index in [0.717, 1.165) is 24.1 Å². The van der Waals surface area contributed by atoms with E-state index < -0.39 is 11.9 Å². The zero-order chi connectivity index (χ0) is 20.4. The van der Waals surface area contributed by atoms with Crippen LogP contribution in [0.1, 0.15) is 51.5 Å². The van der Waals surface area contributed by atoms with Gasteiger partial charge >= 0.3 is 5.97 Å². The van der Waals surface area contributed by atoms with E-state index in [4.69, 9.17) is 14.2 Å². The fourth-order valence-electron chi connectivity index (χ4n) is 3.91. The number of Topliss-reactive ketones (excluding diaryl/α,β-unsaturated/α-hetero) is 1. The van der Waals surface area contributed by atoms with Crippen molar-refractivity contribution in [3.05, 3.63) is 46.3 Å². The van der Waals surface area contributed by atoms with Crippen molar-refractivity contribution in [2.45, 2.75) is 52.1 Å². The van der Waals surface area contributed by atoms with Crippen molar-refractivity contribution in [1.29, 1.82) is 0 Å². The molecule has 1 aromatic rings. The maximum atomic E-state index is 13.0. The lowest BCUT2D eigenvalue weighted by Crippen LogP contribution is -2.35. The summed E-state index contributed by atoms with van der Waals surface area (Å²) in [5.74, 6) is 0.292. The van der Waals surface area contributed by atoms with Crippen LogP contribution in [0.3, 0.4) is 0 Å². The van der Waals surface area contributed by atoms with Crippen LogP contribution >= 0.6 is 0 Å². The van der Waals surface area contributed by atoms with Gasteiger partial charge in [0.15, 0.2) is 5.78 Å². The first kappa shape index (κ1) is 20.0. The summed E-state index contributed by atoms with van der Waals surface area (Å²) < 4.78 is 16.5. The number of carbonyl (C=O) groups excluding carboxylic acids is 2. The minimum Gasteiger partial charge on any atom is -0.497 e. The van der Waals surface area contributed by atoms with Gasteiger partial charge in [0.1, 0.15) is 11.5 Å². The lowest BCUT2D eigenvalue weighted by Gasteiger charge is -2.35.